The number of anilines is 1. The molecule has 2 N–H and O–H groups in total. The van der Waals surface area contributed by atoms with E-state index in [1.165, 1.54) is 25.7 Å². The molecular weight excluding hydrogens is 288 g/mol. The van der Waals surface area contributed by atoms with Gasteiger partial charge < -0.3 is 15.2 Å². The van der Waals surface area contributed by atoms with Gasteiger partial charge in [-0.2, -0.15) is 0 Å². The van der Waals surface area contributed by atoms with E-state index in [9.17, 15) is 0 Å². The molecule has 3 rings (SSSR count). The summed E-state index contributed by atoms with van der Waals surface area (Å²) < 4.78 is 10.8. The molecule has 0 atom stereocenters. The van der Waals surface area contributed by atoms with Gasteiger partial charge in [-0.05, 0) is 18.9 Å². The van der Waals surface area contributed by atoms with E-state index < -0.39 is 0 Å². The molecular formula is C16H19ClN2O2. The maximum absolute atomic E-state index is 6.26. The predicted octanol–water partition coefficient (Wildman–Crippen LogP) is 4.15. The van der Waals surface area contributed by atoms with Crippen LogP contribution in [0, 0.1) is 0 Å². The van der Waals surface area contributed by atoms with Gasteiger partial charge in [0.1, 0.15) is 17.0 Å². The average molecular weight is 307 g/mol. The molecule has 2 aromatic rings. The summed E-state index contributed by atoms with van der Waals surface area (Å²) in [5.41, 5.74) is 8.66. The quantitative estimate of drug-likeness (QED) is 0.925. The van der Waals surface area contributed by atoms with Gasteiger partial charge in [-0.3, -0.25) is 0 Å². The van der Waals surface area contributed by atoms with E-state index in [1.807, 2.05) is 6.07 Å². The Bertz CT molecular complexity index is 682. The number of pyridine rings is 1. The Morgan fingerprint density at radius 3 is 2.52 bits per heavy atom. The Hall–Kier alpha value is -1.68. The summed E-state index contributed by atoms with van der Waals surface area (Å²) in [4.78, 5) is 4.79. The molecule has 0 saturated heterocycles. The van der Waals surface area contributed by atoms with E-state index in [2.05, 4.69) is 0 Å². The van der Waals surface area contributed by atoms with Crippen molar-refractivity contribution in [2.75, 3.05) is 20.0 Å². The van der Waals surface area contributed by atoms with E-state index in [1.54, 1.807) is 20.3 Å². The number of halogens is 1. The third-order valence-electron chi connectivity index (χ3n) is 4.20. The molecule has 112 valence electrons. The van der Waals surface area contributed by atoms with Gasteiger partial charge in [-0.1, -0.05) is 24.4 Å². The van der Waals surface area contributed by atoms with Crippen LogP contribution in [0.4, 0.5) is 5.69 Å². The first-order chi connectivity index (χ1) is 10.2. The molecule has 1 aromatic heterocycles. The van der Waals surface area contributed by atoms with Crippen molar-refractivity contribution in [2.45, 2.75) is 31.6 Å². The molecule has 0 aliphatic heterocycles. The number of aromatic nitrogens is 1. The minimum Gasteiger partial charge on any atom is -0.494 e. The molecule has 0 unspecified atom stereocenters. The highest BCUT2D eigenvalue weighted by Gasteiger charge is 2.22. The normalized spacial score (nSPS) is 15.6. The van der Waals surface area contributed by atoms with Crippen molar-refractivity contribution >= 4 is 28.2 Å². The van der Waals surface area contributed by atoms with Crippen LogP contribution >= 0.6 is 11.6 Å². The van der Waals surface area contributed by atoms with Crippen molar-refractivity contribution in [1.29, 1.82) is 0 Å². The highest BCUT2D eigenvalue weighted by molar-refractivity contribution is 6.34. The first-order valence-corrected chi connectivity index (χ1v) is 7.54. The molecule has 1 fully saturated rings. The second-order valence-corrected chi connectivity index (χ2v) is 5.84. The number of hydrogen-bond acceptors (Lipinski definition) is 4. The first-order valence-electron chi connectivity index (χ1n) is 7.16. The second-order valence-electron chi connectivity index (χ2n) is 5.44. The van der Waals surface area contributed by atoms with Crippen LogP contribution in [0.2, 0.25) is 5.02 Å². The molecule has 1 saturated carbocycles. The zero-order valence-corrected chi connectivity index (χ0v) is 13.0. The monoisotopic (exact) mass is 306 g/mol. The molecule has 21 heavy (non-hydrogen) atoms. The lowest BCUT2D eigenvalue weighted by Crippen LogP contribution is -2.02. The van der Waals surface area contributed by atoms with Crippen LogP contribution in [0.15, 0.2) is 12.1 Å². The Balaban J connectivity index is 2.27. The summed E-state index contributed by atoms with van der Waals surface area (Å²) in [5, 5.41) is 1.20. The van der Waals surface area contributed by atoms with Gasteiger partial charge in [0.05, 0.1) is 24.6 Å². The minimum atomic E-state index is 0.476. The van der Waals surface area contributed by atoms with E-state index in [0.29, 0.717) is 28.1 Å². The van der Waals surface area contributed by atoms with Crippen molar-refractivity contribution in [1.82, 2.24) is 4.98 Å². The Labute approximate surface area is 129 Å². The maximum Gasteiger partial charge on any atom is 0.149 e. The Morgan fingerprint density at radius 1 is 1.19 bits per heavy atom. The molecule has 1 aliphatic rings. The van der Waals surface area contributed by atoms with Gasteiger partial charge in [-0.25, -0.2) is 4.98 Å². The average Bonchev–Trinajstić information content (AvgIpc) is 3.01. The lowest BCUT2D eigenvalue weighted by Gasteiger charge is -2.16. The minimum absolute atomic E-state index is 0.476. The second kappa shape index (κ2) is 5.60. The fraction of sp³-hybridized carbons (Fsp3) is 0.438. The van der Waals surface area contributed by atoms with Crippen LogP contribution in [0.25, 0.3) is 10.9 Å². The van der Waals surface area contributed by atoms with Crippen LogP contribution in [-0.4, -0.2) is 19.2 Å². The fourth-order valence-electron chi connectivity index (χ4n) is 3.16. The summed E-state index contributed by atoms with van der Waals surface area (Å²) in [6.45, 7) is 0. The van der Waals surface area contributed by atoms with E-state index in [-0.39, 0.29) is 0 Å². The van der Waals surface area contributed by atoms with Crippen LogP contribution in [-0.2, 0) is 0 Å². The molecule has 0 spiro atoms. The van der Waals surface area contributed by atoms with Gasteiger partial charge in [0.25, 0.3) is 0 Å². The number of nitrogen functional groups attached to an aromatic ring is 1. The molecule has 0 radical (unpaired) electrons. The van der Waals surface area contributed by atoms with Crippen LogP contribution < -0.4 is 15.2 Å². The van der Waals surface area contributed by atoms with Crippen molar-refractivity contribution in [2.24, 2.45) is 0 Å². The van der Waals surface area contributed by atoms with Crippen LogP contribution in [0.5, 0.6) is 11.5 Å². The molecule has 0 bridgehead atoms. The standard InChI is InChI=1S/C16H19ClN2O2/c1-20-13-7-10(17)16(21-2)14-11(18)8-12(19-15(13)14)9-5-3-4-6-9/h7-9H,3-6H2,1-2H3,(H2,18,19). The molecule has 5 heteroatoms. The Morgan fingerprint density at radius 2 is 1.90 bits per heavy atom. The third-order valence-corrected chi connectivity index (χ3v) is 4.48. The van der Waals surface area contributed by atoms with Crippen molar-refractivity contribution in [3.05, 3.63) is 22.8 Å². The number of fused-ring (bicyclic) bond motifs is 1. The summed E-state index contributed by atoms with van der Waals surface area (Å²) in [6, 6.07) is 3.68. The lowest BCUT2D eigenvalue weighted by molar-refractivity contribution is 0.410. The number of benzene rings is 1. The molecule has 1 aliphatic carbocycles. The molecule has 1 heterocycles. The van der Waals surface area contributed by atoms with Gasteiger partial charge >= 0.3 is 0 Å². The number of hydrogen-bond donors (Lipinski definition) is 1. The summed E-state index contributed by atoms with van der Waals surface area (Å²) in [7, 11) is 3.19. The maximum atomic E-state index is 6.26. The SMILES string of the molecule is COc1cc(Cl)c(OC)c2c(N)cc(C3CCCC3)nc12. The van der Waals surface area contributed by atoms with E-state index in [0.717, 1.165) is 16.6 Å². The van der Waals surface area contributed by atoms with E-state index >= 15 is 0 Å². The fourth-order valence-corrected chi connectivity index (χ4v) is 3.43. The van der Waals surface area contributed by atoms with Crippen molar-refractivity contribution < 1.29 is 9.47 Å². The summed E-state index contributed by atoms with van der Waals surface area (Å²) in [5.74, 6) is 1.67. The van der Waals surface area contributed by atoms with Crippen molar-refractivity contribution in [3.8, 4) is 11.5 Å². The molecule has 0 amide bonds. The largest absolute Gasteiger partial charge is 0.494 e. The molecule has 1 aromatic carbocycles. The first kappa shape index (κ1) is 14.3. The highest BCUT2D eigenvalue weighted by Crippen LogP contribution is 2.43. The summed E-state index contributed by atoms with van der Waals surface area (Å²) >= 11 is 6.24. The summed E-state index contributed by atoms with van der Waals surface area (Å²) in [6.07, 6.45) is 4.85. The third kappa shape index (κ3) is 2.38. The molecule has 4 nitrogen and oxygen atoms in total. The topological polar surface area (TPSA) is 57.4 Å². The van der Waals surface area contributed by atoms with E-state index in [4.69, 9.17) is 31.8 Å². The zero-order valence-electron chi connectivity index (χ0n) is 12.3. The number of nitrogens with two attached hydrogens (primary N) is 1. The van der Waals surface area contributed by atoms with Gasteiger partial charge in [0.2, 0.25) is 0 Å². The smallest absolute Gasteiger partial charge is 0.149 e. The van der Waals surface area contributed by atoms with Gasteiger partial charge in [0, 0.05) is 23.4 Å². The number of nitrogens with zero attached hydrogens (tertiary/aromatic N) is 1. The Kier molecular flexibility index (Phi) is 3.81. The number of ether oxygens (including phenoxy) is 2. The van der Waals surface area contributed by atoms with Gasteiger partial charge in [-0.15, -0.1) is 0 Å². The van der Waals surface area contributed by atoms with Gasteiger partial charge in [0.15, 0.2) is 0 Å². The van der Waals surface area contributed by atoms with Crippen LogP contribution in [0.1, 0.15) is 37.3 Å². The number of methoxy groups -OCH3 is 2. The van der Waals surface area contributed by atoms with Crippen LogP contribution in [0.3, 0.4) is 0 Å². The predicted molar refractivity (Wildman–Crippen MR) is 85.5 cm³/mol. The zero-order chi connectivity index (χ0) is 15.0. The number of rotatable bonds is 3. The highest BCUT2D eigenvalue weighted by atomic mass is 35.5. The lowest BCUT2D eigenvalue weighted by atomic mass is 10.0. The van der Waals surface area contributed by atoms with Crippen molar-refractivity contribution in [3.63, 3.8) is 0 Å².